The number of ether oxygens (including phenoxy) is 1. The molecule has 0 heterocycles. The minimum absolute atomic E-state index is 0.243. The molecule has 0 fully saturated rings. The van der Waals surface area contributed by atoms with E-state index in [1.54, 1.807) is 0 Å². The molecule has 3 nitrogen and oxygen atoms in total. The number of carboxylic acids is 1. The highest BCUT2D eigenvalue weighted by molar-refractivity contribution is 5.70. The van der Waals surface area contributed by atoms with Gasteiger partial charge >= 0.3 is 5.97 Å². The van der Waals surface area contributed by atoms with Gasteiger partial charge in [-0.25, -0.2) is 0 Å². The molecule has 1 unspecified atom stereocenters. The van der Waals surface area contributed by atoms with Gasteiger partial charge in [-0.2, -0.15) is 0 Å². The van der Waals surface area contributed by atoms with Crippen molar-refractivity contribution in [2.24, 2.45) is 5.92 Å². The summed E-state index contributed by atoms with van der Waals surface area (Å²) in [6, 6.07) is 7.64. The maximum absolute atomic E-state index is 10.9. The van der Waals surface area contributed by atoms with Gasteiger partial charge in [0.05, 0.1) is 5.92 Å². The van der Waals surface area contributed by atoms with Gasteiger partial charge in [-0.05, 0) is 31.0 Å². The van der Waals surface area contributed by atoms with E-state index in [1.807, 2.05) is 38.1 Å². The van der Waals surface area contributed by atoms with E-state index < -0.39 is 11.9 Å². The predicted octanol–water partition coefficient (Wildman–Crippen LogP) is 2.87. The third-order valence-corrected chi connectivity index (χ3v) is 2.43. The van der Waals surface area contributed by atoms with Gasteiger partial charge in [-0.15, -0.1) is 0 Å². The molecule has 16 heavy (non-hydrogen) atoms. The van der Waals surface area contributed by atoms with Crippen molar-refractivity contribution in [1.29, 1.82) is 0 Å². The zero-order chi connectivity index (χ0) is 12.0. The lowest BCUT2D eigenvalue weighted by Gasteiger charge is -2.12. The number of benzene rings is 1. The van der Waals surface area contributed by atoms with Crippen molar-refractivity contribution in [3.63, 3.8) is 0 Å². The lowest BCUT2D eigenvalue weighted by atomic mass is 10.1. The summed E-state index contributed by atoms with van der Waals surface area (Å²) in [5.41, 5.74) is 1.11. The Labute approximate surface area is 96.1 Å². The second kappa shape index (κ2) is 6.16. The molecule has 0 spiro atoms. The van der Waals surface area contributed by atoms with E-state index in [0.717, 1.165) is 17.7 Å². The molecule has 0 radical (unpaired) electrons. The van der Waals surface area contributed by atoms with E-state index in [0.29, 0.717) is 6.42 Å². The van der Waals surface area contributed by atoms with Crippen LogP contribution in [0.25, 0.3) is 0 Å². The van der Waals surface area contributed by atoms with Crippen LogP contribution in [-0.2, 0) is 4.79 Å². The molecule has 0 aromatic heterocycles. The van der Waals surface area contributed by atoms with Crippen molar-refractivity contribution in [2.75, 3.05) is 6.61 Å². The van der Waals surface area contributed by atoms with E-state index in [1.165, 1.54) is 0 Å². The fourth-order valence-electron chi connectivity index (χ4n) is 1.53. The Balaban J connectivity index is 2.51. The number of rotatable bonds is 6. The first-order chi connectivity index (χ1) is 7.63. The van der Waals surface area contributed by atoms with Crippen LogP contribution in [0.15, 0.2) is 24.3 Å². The van der Waals surface area contributed by atoms with Crippen LogP contribution in [0.5, 0.6) is 5.75 Å². The van der Waals surface area contributed by atoms with Crippen molar-refractivity contribution in [2.45, 2.75) is 26.7 Å². The van der Waals surface area contributed by atoms with Crippen LogP contribution in [0.4, 0.5) is 0 Å². The molecular weight excluding hydrogens is 204 g/mol. The monoisotopic (exact) mass is 222 g/mol. The van der Waals surface area contributed by atoms with Crippen LogP contribution in [0, 0.1) is 12.8 Å². The summed E-state index contributed by atoms with van der Waals surface area (Å²) >= 11 is 0. The topological polar surface area (TPSA) is 46.5 Å². The molecule has 1 aromatic rings. The molecule has 0 aliphatic rings. The smallest absolute Gasteiger partial charge is 0.309 e. The lowest BCUT2D eigenvalue weighted by molar-refractivity contribution is -0.143. The average molecular weight is 222 g/mol. The van der Waals surface area contributed by atoms with Gasteiger partial charge in [0, 0.05) is 0 Å². The Morgan fingerprint density at radius 3 is 2.81 bits per heavy atom. The summed E-state index contributed by atoms with van der Waals surface area (Å²) in [6.45, 7) is 4.20. The Bertz CT molecular complexity index is 347. The normalized spacial score (nSPS) is 12.1. The molecule has 3 heteroatoms. The molecule has 1 atom stereocenters. The van der Waals surface area contributed by atoms with Crippen molar-refractivity contribution in [1.82, 2.24) is 0 Å². The van der Waals surface area contributed by atoms with Crippen LogP contribution in [0.3, 0.4) is 0 Å². The maximum Gasteiger partial charge on any atom is 0.309 e. The van der Waals surface area contributed by atoms with Crippen molar-refractivity contribution < 1.29 is 14.6 Å². The zero-order valence-electron chi connectivity index (χ0n) is 9.77. The highest BCUT2D eigenvalue weighted by atomic mass is 16.5. The molecule has 0 bridgehead atoms. The molecule has 88 valence electrons. The number of aryl methyl sites for hydroxylation is 1. The third-order valence-electron chi connectivity index (χ3n) is 2.43. The largest absolute Gasteiger partial charge is 0.493 e. The fourth-order valence-corrected chi connectivity index (χ4v) is 1.53. The zero-order valence-corrected chi connectivity index (χ0v) is 9.77. The number of carboxylic acid groups (broad SMARTS) is 1. The second-order valence-corrected chi connectivity index (χ2v) is 3.95. The molecule has 0 amide bonds. The van der Waals surface area contributed by atoms with E-state index in [4.69, 9.17) is 9.84 Å². The standard InChI is InChI=1S/C13H18O3/c1-3-5-11(13(14)15)9-16-12-7-4-6-10(2)8-12/h4,6-8,11H,3,5,9H2,1-2H3,(H,14,15). The quantitative estimate of drug-likeness (QED) is 0.805. The van der Waals surface area contributed by atoms with Crippen LogP contribution in [0.1, 0.15) is 25.3 Å². The molecule has 1 aromatic carbocycles. The molecule has 0 aliphatic carbocycles. The van der Waals surface area contributed by atoms with E-state index in [2.05, 4.69) is 0 Å². The number of carbonyl (C=O) groups is 1. The Morgan fingerprint density at radius 1 is 1.50 bits per heavy atom. The fraction of sp³-hybridized carbons (Fsp3) is 0.462. The molecule has 1 N–H and O–H groups in total. The van der Waals surface area contributed by atoms with Crippen molar-refractivity contribution in [3.05, 3.63) is 29.8 Å². The Kier molecular flexibility index (Phi) is 4.83. The van der Waals surface area contributed by atoms with E-state index >= 15 is 0 Å². The number of aliphatic carboxylic acids is 1. The van der Waals surface area contributed by atoms with Gasteiger partial charge < -0.3 is 9.84 Å². The summed E-state index contributed by atoms with van der Waals surface area (Å²) < 4.78 is 5.48. The summed E-state index contributed by atoms with van der Waals surface area (Å²) in [5, 5.41) is 8.96. The van der Waals surface area contributed by atoms with Crippen molar-refractivity contribution in [3.8, 4) is 5.75 Å². The molecule has 0 saturated carbocycles. The number of hydrogen-bond donors (Lipinski definition) is 1. The SMILES string of the molecule is CCCC(COc1cccc(C)c1)C(=O)O. The summed E-state index contributed by atoms with van der Waals surface area (Å²) in [5.74, 6) is -0.456. The summed E-state index contributed by atoms with van der Waals surface area (Å²) in [7, 11) is 0. The van der Waals surface area contributed by atoms with Crippen molar-refractivity contribution >= 4 is 5.97 Å². The van der Waals surface area contributed by atoms with Crippen LogP contribution in [0.2, 0.25) is 0 Å². The minimum Gasteiger partial charge on any atom is -0.493 e. The first kappa shape index (κ1) is 12.6. The molecule has 1 rings (SSSR count). The minimum atomic E-state index is -0.783. The van der Waals surface area contributed by atoms with Crippen LogP contribution < -0.4 is 4.74 Å². The summed E-state index contributed by atoms with van der Waals surface area (Å²) in [4.78, 5) is 10.9. The molecular formula is C13H18O3. The predicted molar refractivity (Wildman–Crippen MR) is 62.7 cm³/mol. The van der Waals surface area contributed by atoms with Gasteiger partial charge in [0.25, 0.3) is 0 Å². The van der Waals surface area contributed by atoms with E-state index in [9.17, 15) is 4.79 Å². The van der Waals surface area contributed by atoms with Crippen LogP contribution in [-0.4, -0.2) is 17.7 Å². The van der Waals surface area contributed by atoms with Gasteiger partial charge in [0.2, 0.25) is 0 Å². The Morgan fingerprint density at radius 2 is 2.25 bits per heavy atom. The molecule has 0 saturated heterocycles. The highest BCUT2D eigenvalue weighted by Crippen LogP contribution is 2.15. The van der Waals surface area contributed by atoms with Gasteiger partial charge in [-0.1, -0.05) is 25.5 Å². The molecule has 0 aliphatic heterocycles. The summed E-state index contributed by atoms with van der Waals surface area (Å²) in [6.07, 6.45) is 1.51. The Hall–Kier alpha value is -1.51. The van der Waals surface area contributed by atoms with Gasteiger partial charge in [-0.3, -0.25) is 4.79 Å². The van der Waals surface area contributed by atoms with Crippen LogP contribution >= 0.6 is 0 Å². The van der Waals surface area contributed by atoms with E-state index in [-0.39, 0.29) is 6.61 Å². The van der Waals surface area contributed by atoms with Gasteiger partial charge in [0.15, 0.2) is 0 Å². The van der Waals surface area contributed by atoms with Gasteiger partial charge in [0.1, 0.15) is 12.4 Å². The second-order valence-electron chi connectivity index (χ2n) is 3.95. The maximum atomic E-state index is 10.9. The first-order valence-electron chi connectivity index (χ1n) is 5.55. The lowest BCUT2D eigenvalue weighted by Crippen LogP contribution is -2.21. The average Bonchev–Trinajstić information content (AvgIpc) is 2.24. The highest BCUT2D eigenvalue weighted by Gasteiger charge is 2.16. The first-order valence-corrected chi connectivity index (χ1v) is 5.55. The number of hydrogen-bond acceptors (Lipinski definition) is 2. The third kappa shape index (κ3) is 3.93.